The Morgan fingerprint density at radius 2 is 1.62 bits per heavy atom. The number of amides is 2. The van der Waals surface area contributed by atoms with Crippen LogP contribution < -0.4 is 10.6 Å². The second kappa shape index (κ2) is 7.55. The van der Waals surface area contributed by atoms with E-state index in [1.54, 1.807) is 6.08 Å². The summed E-state index contributed by atoms with van der Waals surface area (Å²) < 4.78 is 0. The molecule has 0 bridgehead atoms. The predicted molar refractivity (Wildman–Crippen MR) is 95.4 cm³/mol. The zero-order chi connectivity index (χ0) is 17.7. The lowest BCUT2D eigenvalue weighted by atomic mass is 10.0. The van der Waals surface area contributed by atoms with Crippen LogP contribution in [0.4, 0.5) is 5.69 Å². The minimum absolute atomic E-state index is 0.292. The number of carbonyl (C=O) groups excluding carboxylic acids is 2. The van der Waals surface area contributed by atoms with E-state index in [9.17, 15) is 9.59 Å². The van der Waals surface area contributed by atoms with Crippen molar-refractivity contribution >= 4 is 17.5 Å². The van der Waals surface area contributed by atoms with Gasteiger partial charge in [0.2, 0.25) is 0 Å². The van der Waals surface area contributed by atoms with E-state index in [-0.39, 0.29) is 11.8 Å². The van der Waals surface area contributed by atoms with Crippen molar-refractivity contribution in [3.63, 3.8) is 0 Å². The van der Waals surface area contributed by atoms with Crippen molar-refractivity contribution < 1.29 is 9.59 Å². The Bertz CT molecular complexity index is 774. The van der Waals surface area contributed by atoms with Crippen molar-refractivity contribution in [1.29, 1.82) is 0 Å². The molecule has 0 atom stereocenters. The minimum Gasteiger partial charge on any atom is -0.349 e. The van der Waals surface area contributed by atoms with E-state index in [1.165, 1.54) is 18.5 Å². The molecule has 0 saturated carbocycles. The molecule has 2 aromatic rings. The molecule has 0 unspecified atom stereocenters. The van der Waals surface area contributed by atoms with Crippen LogP contribution in [0.5, 0.6) is 0 Å². The van der Waals surface area contributed by atoms with Gasteiger partial charge in [0.05, 0.1) is 11.1 Å². The molecule has 5 heteroatoms. The fraction of sp³-hybridized carbons (Fsp3) is 0.211. The first-order valence-electron chi connectivity index (χ1n) is 7.65. The number of rotatable bonds is 5. The molecular formula is C19H21N3O2. The van der Waals surface area contributed by atoms with Crippen LogP contribution in [0.25, 0.3) is 0 Å². The van der Waals surface area contributed by atoms with Crippen molar-refractivity contribution in [2.45, 2.75) is 20.8 Å². The molecule has 2 N–H and O–H groups in total. The fourth-order valence-electron chi connectivity index (χ4n) is 2.52. The van der Waals surface area contributed by atoms with Crippen molar-refractivity contribution in [3.8, 4) is 0 Å². The number of hydrogen-bond acceptors (Lipinski definition) is 3. The van der Waals surface area contributed by atoms with Gasteiger partial charge in [-0.3, -0.25) is 14.6 Å². The monoisotopic (exact) mass is 323 g/mol. The average molecular weight is 323 g/mol. The summed E-state index contributed by atoms with van der Waals surface area (Å²) in [6, 6.07) is 5.56. The third-order valence-corrected chi connectivity index (χ3v) is 3.59. The lowest BCUT2D eigenvalue weighted by Crippen LogP contribution is -2.24. The van der Waals surface area contributed by atoms with Crippen molar-refractivity contribution in [3.05, 3.63) is 71.1 Å². The van der Waals surface area contributed by atoms with Gasteiger partial charge in [-0.15, -0.1) is 6.58 Å². The number of pyridine rings is 1. The summed E-state index contributed by atoms with van der Waals surface area (Å²) in [5, 5.41) is 5.56. The second-order valence-corrected chi connectivity index (χ2v) is 5.69. The number of aryl methyl sites for hydroxylation is 3. The van der Waals surface area contributed by atoms with E-state index in [0.717, 1.165) is 22.4 Å². The van der Waals surface area contributed by atoms with Gasteiger partial charge >= 0.3 is 0 Å². The summed E-state index contributed by atoms with van der Waals surface area (Å²) in [4.78, 5) is 28.4. The molecule has 0 spiro atoms. The van der Waals surface area contributed by atoms with Crippen LogP contribution in [0.2, 0.25) is 0 Å². The van der Waals surface area contributed by atoms with E-state index >= 15 is 0 Å². The Labute approximate surface area is 141 Å². The van der Waals surface area contributed by atoms with E-state index in [1.807, 2.05) is 32.9 Å². The van der Waals surface area contributed by atoms with Crippen molar-refractivity contribution in [2.75, 3.05) is 11.9 Å². The fourth-order valence-corrected chi connectivity index (χ4v) is 2.52. The molecule has 0 radical (unpaired) electrons. The molecule has 0 aliphatic heterocycles. The number of anilines is 1. The Balaban J connectivity index is 2.22. The second-order valence-electron chi connectivity index (χ2n) is 5.69. The largest absolute Gasteiger partial charge is 0.349 e. The van der Waals surface area contributed by atoms with Crippen LogP contribution in [0, 0.1) is 20.8 Å². The molecule has 0 aliphatic rings. The summed E-state index contributed by atoms with van der Waals surface area (Å²) in [6.45, 7) is 9.82. The molecule has 0 fully saturated rings. The van der Waals surface area contributed by atoms with Crippen molar-refractivity contribution in [1.82, 2.24) is 10.3 Å². The van der Waals surface area contributed by atoms with Crippen molar-refractivity contribution in [2.24, 2.45) is 0 Å². The van der Waals surface area contributed by atoms with Crippen LogP contribution >= 0.6 is 0 Å². The van der Waals surface area contributed by atoms with E-state index in [0.29, 0.717) is 17.7 Å². The van der Waals surface area contributed by atoms with Crippen LogP contribution in [0.3, 0.4) is 0 Å². The number of carbonyl (C=O) groups is 2. The zero-order valence-electron chi connectivity index (χ0n) is 14.1. The number of hydrogen-bond donors (Lipinski definition) is 2. The molecular weight excluding hydrogens is 302 g/mol. The van der Waals surface area contributed by atoms with E-state index in [2.05, 4.69) is 22.2 Å². The zero-order valence-corrected chi connectivity index (χ0v) is 14.1. The highest BCUT2D eigenvalue weighted by Crippen LogP contribution is 2.22. The highest BCUT2D eigenvalue weighted by molar-refractivity contribution is 6.06. The van der Waals surface area contributed by atoms with Gasteiger partial charge in [-0.05, 0) is 38.0 Å². The van der Waals surface area contributed by atoms with Crippen LogP contribution in [0.1, 0.15) is 37.4 Å². The third-order valence-electron chi connectivity index (χ3n) is 3.59. The van der Waals surface area contributed by atoms with Gasteiger partial charge in [-0.2, -0.15) is 0 Å². The maximum atomic E-state index is 12.5. The summed E-state index contributed by atoms with van der Waals surface area (Å²) in [7, 11) is 0. The lowest BCUT2D eigenvalue weighted by Gasteiger charge is -2.13. The number of aromatic nitrogens is 1. The highest BCUT2D eigenvalue weighted by Gasteiger charge is 2.13. The van der Waals surface area contributed by atoms with E-state index < -0.39 is 0 Å². The van der Waals surface area contributed by atoms with Gasteiger partial charge in [0.15, 0.2) is 0 Å². The predicted octanol–water partition coefficient (Wildman–Crippen LogP) is 3.17. The van der Waals surface area contributed by atoms with E-state index in [4.69, 9.17) is 0 Å². The first-order chi connectivity index (χ1) is 11.4. The van der Waals surface area contributed by atoms with Crippen LogP contribution in [-0.2, 0) is 0 Å². The van der Waals surface area contributed by atoms with Crippen LogP contribution in [0.15, 0.2) is 43.2 Å². The molecule has 5 nitrogen and oxygen atoms in total. The first-order valence-corrected chi connectivity index (χ1v) is 7.65. The quantitative estimate of drug-likeness (QED) is 0.830. The standard InChI is InChI=1S/C19H21N3O2/c1-5-6-21-18(23)15-9-16(11-20-10-15)19(24)22-17-13(3)7-12(2)8-14(17)4/h5,7-11H,1,6H2,2-4H3,(H,21,23)(H,22,24). The molecule has 1 heterocycles. The average Bonchev–Trinajstić information content (AvgIpc) is 2.55. The number of nitrogens with one attached hydrogen (secondary N) is 2. The molecule has 0 saturated heterocycles. The lowest BCUT2D eigenvalue weighted by molar-refractivity contribution is 0.0957. The molecule has 2 amide bonds. The maximum absolute atomic E-state index is 12.5. The maximum Gasteiger partial charge on any atom is 0.257 e. The molecule has 124 valence electrons. The third kappa shape index (κ3) is 4.07. The van der Waals surface area contributed by atoms with Gasteiger partial charge in [0.25, 0.3) is 11.8 Å². The number of nitrogens with zero attached hydrogens (tertiary/aromatic N) is 1. The Hall–Kier alpha value is -2.95. The van der Waals surface area contributed by atoms with Crippen LogP contribution in [-0.4, -0.2) is 23.3 Å². The molecule has 24 heavy (non-hydrogen) atoms. The van der Waals surface area contributed by atoms with Gasteiger partial charge in [-0.1, -0.05) is 23.8 Å². The Morgan fingerprint density at radius 1 is 1.04 bits per heavy atom. The summed E-state index contributed by atoms with van der Waals surface area (Å²) >= 11 is 0. The molecule has 1 aromatic carbocycles. The van der Waals surface area contributed by atoms with Gasteiger partial charge < -0.3 is 10.6 Å². The summed E-state index contributed by atoms with van der Waals surface area (Å²) in [5.74, 6) is -0.587. The topological polar surface area (TPSA) is 71.1 Å². The normalized spacial score (nSPS) is 10.1. The van der Waals surface area contributed by atoms with Gasteiger partial charge in [0, 0.05) is 24.6 Å². The molecule has 1 aromatic heterocycles. The Morgan fingerprint density at radius 3 is 2.21 bits per heavy atom. The molecule has 2 rings (SSSR count). The SMILES string of the molecule is C=CCNC(=O)c1cncc(C(=O)Nc2c(C)cc(C)cc2C)c1. The highest BCUT2D eigenvalue weighted by atomic mass is 16.2. The van der Waals surface area contributed by atoms with Gasteiger partial charge in [0.1, 0.15) is 0 Å². The molecule has 0 aliphatic carbocycles. The number of benzene rings is 1. The Kier molecular flexibility index (Phi) is 5.47. The minimum atomic E-state index is -0.295. The first kappa shape index (κ1) is 17.4. The summed E-state index contributed by atoms with van der Waals surface area (Å²) in [6.07, 6.45) is 4.46. The smallest absolute Gasteiger partial charge is 0.257 e. The van der Waals surface area contributed by atoms with Gasteiger partial charge in [-0.25, -0.2) is 0 Å². The summed E-state index contributed by atoms with van der Waals surface area (Å²) in [5.41, 5.74) is 4.59.